The molecule has 2 aromatic carbocycles. The smallest absolute Gasteiger partial charge is 0.339 e. The van der Waals surface area contributed by atoms with E-state index in [0.717, 1.165) is 23.8 Å². The number of carbonyl (C=O) groups is 2. The molecule has 0 bridgehead atoms. The monoisotopic (exact) mass is 359 g/mol. The van der Waals surface area contributed by atoms with Crippen molar-refractivity contribution < 1.29 is 24.2 Å². The van der Waals surface area contributed by atoms with Crippen molar-refractivity contribution in [1.29, 1.82) is 0 Å². The van der Waals surface area contributed by atoms with Crippen LogP contribution in [-0.4, -0.2) is 28.3 Å². The standard InChI is InChI=1S/C16H13N3O7/c1-10-2-4-12(5-3-10)17-15(20)9-26-16(21)11-6-13(18(22)23)8-14(7-11)19(24)25/h2-8H,9H2,1H3,(H,17,20). The molecule has 1 N–H and O–H groups in total. The first kappa shape index (κ1) is 18.5. The second-order valence-electron chi connectivity index (χ2n) is 5.24. The van der Waals surface area contributed by atoms with Crippen LogP contribution in [-0.2, 0) is 9.53 Å². The van der Waals surface area contributed by atoms with Crippen molar-refractivity contribution in [2.75, 3.05) is 11.9 Å². The number of ether oxygens (including phenoxy) is 1. The number of esters is 1. The van der Waals surface area contributed by atoms with Gasteiger partial charge < -0.3 is 10.1 Å². The molecule has 2 aromatic rings. The zero-order valence-electron chi connectivity index (χ0n) is 13.5. The summed E-state index contributed by atoms with van der Waals surface area (Å²) in [7, 11) is 0. The van der Waals surface area contributed by atoms with Gasteiger partial charge in [-0.25, -0.2) is 4.79 Å². The number of non-ortho nitro benzene ring substituents is 2. The molecule has 26 heavy (non-hydrogen) atoms. The summed E-state index contributed by atoms with van der Waals surface area (Å²) in [5, 5.41) is 24.1. The third-order valence-corrected chi connectivity index (χ3v) is 3.23. The van der Waals surface area contributed by atoms with E-state index < -0.39 is 45.3 Å². The molecule has 0 radical (unpaired) electrons. The van der Waals surface area contributed by atoms with Crippen molar-refractivity contribution in [2.24, 2.45) is 0 Å². The summed E-state index contributed by atoms with van der Waals surface area (Å²) in [5.74, 6) is -1.71. The minimum atomic E-state index is -1.09. The maximum absolute atomic E-state index is 11.9. The number of nitrogens with one attached hydrogen (secondary N) is 1. The first-order valence-corrected chi connectivity index (χ1v) is 7.24. The Morgan fingerprint density at radius 3 is 2.04 bits per heavy atom. The Morgan fingerprint density at radius 1 is 1.00 bits per heavy atom. The minimum Gasteiger partial charge on any atom is -0.452 e. The van der Waals surface area contributed by atoms with E-state index in [1.54, 1.807) is 24.3 Å². The number of aryl methyl sites for hydroxylation is 1. The fourth-order valence-electron chi connectivity index (χ4n) is 1.97. The van der Waals surface area contributed by atoms with Gasteiger partial charge in [0.2, 0.25) is 0 Å². The minimum absolute atomic E-state index is 0.394. The Bertz CT molecular complexity index is 846. The van der Waals surface area contributed by atoms with Crippen molar-refractivity contribution in [2.45, 2.75) is 6.92 Å². The molecule has 0 saturated carbocycles. The lowest BCUT2D eigenvalue weighted by molar-refractivity contribution is -0.394. The highest BCUT2D eigenvalue weighted by Crippen LogP contribution is 2.23. The summed E-state index contributed by atoms with van der Waals surface area (Å²) in [6.45, 7) is 1.23. The molecule has 0 saturated heterocycles. The summed E-state index contributed by atoms with van der Waals surface area (Å²) < 4.78 is 4.76. The topological polar surface area (TPSA) is 142 Å². The average molecular weight is 359 g/mol. The van der Waals surface area contributed by atoms with Gasteiger partial charge in [0.1, 0.15) is 0 Å². The molecule has 0 aliphatic heterocycles. The molecule has 0 aliphatic rings. The Balaban J connectivity index is 2.05. The van der Waals surface area contributed by atoms with Crippen molar-refractivity contribution in [3.8, 4) is 0 Å². The second-order valence-corrected chi connectivity index (χ2v) is 5.24. The Labute approximate surface area is 146 Å². The first-order chi connectivity index (χ1) is 12.3. The molecular weight excluding hydrogens is 346 g/mol. The van der Waals surface area contributed by atoms with Gasteiger partial charge in [-0.15, -0.1) is 0 Å². The largest absolute Gasteiger partial charge is 0.452 e. The van der Waals surface area contributed by atoms with E-state index in [4.69, 9.17) is 4.74 Å². The van der Waals surface area contributed by atoms with Crippen molar-refractivity contribution in [3.05, 3.63) is 73.8 Å². The zero-order valence-corrected chi connectivity index (χ0v) is 13.5. The van der Waals surface area contributed by atoms with Gasteiger partial charge in [0.05, 0.1) is 21.5 Å². The second kappa shape index (κ2) is 7.83. The van der Waals surface area contributed by atoms with Crippen LogP contribution in [0.4, 0.5) is 17.1 Å². The van der Waals surface area contributed by atoms with Gasteiger partial charge in [-0.1, -0.05) is 17.7 Å². The number of nitro benzene ring substituents is 2. The predicted octanol–water partition coefficient (Wildman–Crippen LogP) is 2.61. The van der Waals surface area contributed by atoms with E-state index in [2.05, 4.69) is 5.32 Å². The van der Waals surface area contributed by atoms with E-state index in [-0.39, 0.29) is 0 Å². The van der Waals surface area contributed by atoms with Crippen LogP contribution in [0.25, 0.3) is 0 Å². The number of carbonyl (C=O) groups excluding carboxylic acids is 2. The number of hydrogen-bond acceptors (Lipinski definition) is 7. The number of nitrogens with zero attached hydrogens (tertiary/aromatic N) is 2. The molecule has 10 nitrogen and oxygen atoms in total. The summed E-state index contributed by atoms with van der Waals surface area (Å²) in [6, 6.07) is 9.30. The van der Waals surface area contributed by atoms with E-state index >= 15 is 0 Å². The van der Waals surface area contributed by atoms with Gasteiger partial charge >= 0.3 is 5.97 Å². The maximum atomic E-state index is 11.9. The molecule has 0 aromatic heterocycles. The van der Waals surface area contributed by atoms with Crippen LogP contribution >= 0.6 is 0 Å². The van der Waals surface area contributed by atoms with Crippen LogP contribution in [0, 0.1) is 27.2 Å². The third-order valence-electron chi connectivity index (χ3n) is 3.23. The fraction of sp³-hybridized carbons (Fsp3) is 0.125. The van der Waals surface area contributed by atoms with E-state index in [1.807, 2.05) is 6.92 Å². The van der Waals surface area contributed by atoms with E-state index in [9.17, 15) is 29.8 Å². The number of anilines is 1. The average Bonchev–Trinajstić information content (AvgIpc) is 2.61. The molecule has 134 valence electrons. The molecule has 0 spiro atoms. The molecule has 2 rings (SSSR count). The van der Waals surface area contributed by atoms with Crippen LogP contribution in [0.3, 0.4) is 0 Å². The molecule has 0 aliphatic carbocycles. The highest BCUT2D eigenvalue weighted by atomic mass is 16.6. The Kier molecular flexibility index (Phi) is 5.58. The van der Waals surface area contributed by atoms with Crippen LogP contribution < -0.4 is 5.32 Å². The van der Waals surface area contributed by atoms with Crippen LogP contribution in [0.1, 0.15) is 15.9 Å². The molecular formula is C16H13N3O7. The normalized spacial score (nSPS) is 10.0. The van der Waals surface area contributed by atoms with Gasteiger partial charge in [-0.2, -0.15) is 0 Å². The quantitative estimate of drug-likeness (QED) is 0.474. The van der Waals surface area contributed by atoms with Crippen LogP contribution in [0.5, 0.6) is 0 Å². The van der Waals surface area contributed by atoms with Gasteiger partial charge in [-0.3, -0.25) is 25.0 Å². The lowest BCUT2D eigenvalue weighted by Crippen LogP contribution is -2.21. The molecule has 1 amide bonds. The van der Waals surface area contributed by atoms with Crippen molar-refractivity contribution >= 4 is 28.9 Å². The van der Waals surface area contributed by atoms with Crippen LogP contribution in [0.15, 0.2) is 42.5 Å². The lowest BCUT2D eigenvalue weighted by atomic mass is 10.2. The number of hydrogen-bond donors (Lipinski definition) is 1. The van der Waals surface area contributed by atoms with Gasteiger partial charge in [0.25, 0.3) is 17.3 Å². The number of nitro groups is 2. The highest BCUT2D eigenvalue weighted by molar-refractivity contribution is 5.96. The van der Waals surface area contributed by atoms with Gasteiger partial charge in [0.15, 0.2) is 6.61 Å². The number of rotatable bonds is 6. The summed E-state index contributed by atoms with van der Waals surface area (Å²) >= 11 is 0. The zero-order chi connectivity index (χ0) is 19.3. The lowest BCUT2D eigenvalue weighted by Gasteiger charge is -2.07. The van der Waals surface area contributed by atoms with Crippen molar-refractivity contribution in [1.82, 2.24) is 0 Å². The Morgan fingerprint density at radius 2 is 1.54 bits per heavy atom. The van der Waals surface area contributed by atoms with Crippen molar-refractivity contribution in [3.63, 3.8) is 0 Å². The third kappa shape index (κ3) is 4.84. The highest BCUT2D eigenvalue weighted by Gasteiger charge is 2.21. The van der Waals surface area contributed by atoms with Crippen LogP contribution in [0.2, 0.25) is 0 Å². The summed E-state index contributed by atoms with van der Waals surface area (Å²) in [5.41, 5.74) is -0.149. The molecule has 0 atom stereocenters. The summed E-state index contributed by atoms with van der Waals surface area (Å²) in [4.78, 5) is 43.6. The Hall–Kier alpha value is -3.82. The predicted molar refractivity (Wildman–Crippen MR) is 89.8 cm³/mol. The van der Waals surface area contributed by atoms with E-state index in [0.29, 0.717) is 5.69 Å². The molecule has 0 heterocycles. The SMILES string of the molecule is Cc1ccc(NC(=O)COC(=O)c2cc([N+](=O)[O-])cc([N+](=O)[O-])c2)cc1. The van der Waals surface area contributed by atoms with Gasteiger partial charge in [-0.05, 0) is 19.1 Å². The first-order valence-electron chi connectivity index (χ1n) is 7.24. The van der Waals surface area contributed by atoms with E-state index in [1.165, 1.54) is 0 Å². The van der Waals surface area contributed by atoms with Gasteiger partial charge in [0, 0.05) is 17.8 Å². The molecule has 0 unspecified atom stereocenters. The molecule has 0 fully saturated rings. The number of benzene rings is 2. The molecule has 10 heteroatoms. The number of amides is 1. The summed E-state index contributed by atoms with van der Waals surface area (Å²) in [6.07, 6.45) is 0. The maximum Gasteiger partial charge on any atom is 0.339 e. The fourth-order valence-corrected chi connectivity index (χ4v) is 1.97.